The maximum absolute atomic E-state index is 13.2. The number of amides is 4. The molecule has 1 saturated heterocycles. The standard InChI is InChI=1S/C23H22FN3O3S/c1-14-4-3-5-15(2)20(14)25-19(28)13-26-18-10-11-31-21(18)22(29)27(23(26)30)12-16-6-8-17(24)9-7-16/h3-11,18,21H,12-13H2,1-2H3,(H,25,28). The van der Waals surface area contributed by atoms with Crippen molar-refractivity contribution in [2.75, 3.05) is 11.9 Å². The lowest BCUT2D eigenvalue weighted by Gasteiger charge is -2.41. The van der Waals surface area contributed by atoms with Crippen molar-refractivity contribution in [1.82, 2.24) is 9.80 Å². The summed E-state index contributed by atoms with van der Waals surface area (Å²) >= 11 is 1.34. The second kappa shape index (κ2) is 8.55. The van der Waals surface area contributed by atoms with Crippen molar-refractivity contribution in [3.8, 4) is 0 Å². The molecule has 1 fully saturated rings. The van der Waals surface area contributed by atoms with E-state index in [-0.39, 0.29) is 30.7 Å². The topological polar surface area (TPSA) is 69.7 Å². The molecule has 31 heavy (non-hydrogen) atoms. The fourth-order valence-electron chi connectivity index (χ4n) is 3.83. The molecular weight excluding hydrogens is 417 g/mol. The molecule has 6 nitrogen and oxygen atoms in total. The Morgan fingerprint density at radius 1 is 1.10 bits per heavy atom. The van der Waals surface area contributed by atoms with Crippen molar-refractivity contribution in [3.05, 3.63) is 76.5 Å². The van der Waals surface area contributed by atoms with Crippen LogP contribution in [0.25, 0.3) is 0 Å². The molecule has 0 radical (unpaired) electrons. The maximum atomic E-state index is 13.2. The van der Waals surface area contributed by atoms with E-state index in [1.165, 1.54) is 28.8 Å². The van der Waals surface area contributed by atoms with Crippen LogP contribution in [0.2, 0.25) is 0 Å². The van der Waals surface area contributed by atoms with Crippen molar-refractivity contribution in [2.45, 2.75) is 31.7 Å². The van der Waals surface area contributed by atoms with E-state index in [0.717, 1.165) is 21.7 Å². The normalized spacial score (nSPS) is 20.2. The number of imide groups is 1. The summed E-state index contributed by atoms with van der Waals surface area (Å²) in [4.78, 5) is 41.5. The Hall–Kier alpha value is -3.13. The molecule has 1 N–H and O–H groups in total. The molecule has 0 spiro atoms. The van der Waals surface area contributed by atoms with E-state index >= 15 is 0 Å². The van der Waals surface area contributed by atoms with Crippen molar-refractivity contribution in [1.29, 1.82) is 0 Å². The van der Waals surface area contributed by atoms with Gasteiger partial charge in [-0.3, -0.25) is 14.5 Å². The number of urea groups is 1. The third kappa shape index (κ3) is 4.20. The molecule has 2 atom stereocenters. The summed E-state index contributed by atoms with van der Waals surface area (Å²) in [7, 11) is 0. The third-order valence-electron chi connectivity index (χ3n) is 5.47. The first-order valence-corrected chi connectivity index (χ1v) is 10.8. The Morgan fingerprint density at radius 3 is 2.45 bits per heavy atom. The zero-order valence-corrected chi connectivity index (χ0v) is 18.0. The van der Waals surface area contributed by atoms with Crippen LogP contribution in [0.15, 0.2) is 53.9 Å². The molecule has 0 aromatic heterocycles. The largest absolute Gasteiger partial charge is 0.328 e. The van der Waals surface area contributed by atoms with Crippen LogP contribution < -0.4 is 5.32 Å². The van der Waals surface area contributed by atoms with Crippen molar-refractivity contribution in [3.63, 3.8) is 0 Å². The molecule has 2 unspecified atom stereocenters. The fraction of sp³-hybridized carbons (Fsp3) is 0.261. The highest BCUT2D eigenvalue weighted by atomic mass is 32.2. The number of rotatable bonds is 5. The van der Waals surface area contributed by atoms with Crippen LogP contribution in [-0.2, 0) is 16.1 Å². The first kappa shape index (κ1) is 21.1. The smallest absolute Gasteiger partial charge is 0.324 e. The second-order valence-electron chi connectivity index (χ2n) is 7.65. The lowest BCUT2D eigenvalue weighted by atomic mass is 10.1. The number of anilines is 1. The average Bonchev–Trinajstić information content (AvgIpc) is 3.23. The van der Waals surface area contributed by atoms with Gasteiger partial charge in [0.2, 0.25) is 11.8 Å². The van der Waals surface area contributed by atoms with E-state index in [4.69, 9.17) is 0 Å². The number of carbonyl (C=O) groups is 3. The monoisotopic (exact) mass is 439 g/mol. The van der Waals surface area contributed by atoms with Gasteiger partial charge in [-0.05, 0) is 48.1 Å². The third-order valence-corrected chi connectivity index (χ3v) is 6.56. The molecule has 8 heteroatoms. The van der Waals surface area contributed by atoms with Gasteiger partial charge in [0.15, 0.2) is 0 Å². The minimum absolute atomic E-state index is 0.0246. The van der Waals surface area contributed by atoms with Crippen LogP contribution in [-0.4, -0.2) is 45.5 Å². The van der Waals surface area contributed by atoms with Gasteiger partial charge in [-0.25, -0.2) is 9.18 Å². The van der Waals surface area contributed by atoms with E-state index in [2.05, 4.69) is 5.32 Å². The molecule has 2 heterocycles. The Bertz CT molecular complexity index is 1050. The molecule has 2 aromatic rings. The average molecular weight is 440 g/mol. The number of aryl methyl sites for hydroxylation is 2. The predicted molar refractivity (Wildman–Crippen MR) is 118 cm³/mol. The summed E-state index contributed by atoms with van der Waals surface area (Å²) in [5.41, 5.74) is 3.22. The lowest BCUT2D eigenvalue weighted by molar-refractivity contribution is -0.132. The molecule has 0 bridgehead atoms. The van der Waals surface area contributed by atoms with Gasteiger partial charge in [-0.15, -0.1) is 11.8 Å². The Balaban J connectivity index is 1.54. The zero-order valence-electron chi connectivity index (χ0n) is 17.2. The minimum atomic E-state index is -0.528. The van der Waals surface area contributed by atoms with E-state index < -0.39 is 17.3 Å². The Kier molecular flexibility index (Phi) is 5.82. The van der Waals surface area contributed by atoms with E-state index in [1.54, 1.807) is 23.6 Å². The van der Waals surface area contributed by atoms with Gasteiger partial charge in [0.1, 0.15) is 17.6 Å². The highest BCUT2D eigenvalue weighted by Crippen LogP contribution is 2.35. The van der Waals surface area contributed by atoms with Gasteiger partial charge >= 0.3 is 6.03 Å². The molecular formula is C23H22FN3O3S. The summed E-state index contributed by atoms with van der Waals surface area (Å²) in [6.07, 6.45) is 1.78. The number of para-hydroxylation sites is 1. The van der Waals surface area contributed by atoms with Gasteiger partial charge < -0.3 is 10.2 Å². The van der Waals surface area contributed by atoms with Crippen LogP contribution in [0.1, 0.15) is 16.7 Å². The van der Waals surface area contributed by atoms with Crippen LogP contribution in [0.4, 0.5) is 14.9 Å². The van der Waals surface area contributed by atoms with E-state index in [9.17, 15) is 18.8 Å². The number of fused-ring (bicyclic) bond motifs is 1. The number of hydrogen-bond donors (Lipinski definition) is 1. The van der Waals surface area contributed by atoms with Gasteiger partial charge in [-0.1, -0.05) is 36.4 Å². The summed E-state index contributed by atoms with van der Waals surface area (Å²) in [6.45, 7) is 3.66. The molecule has 0 aliphatic carbocycles. The van der Waals surface area contributed by atoms with Gasteiger partial charge in [0.25, 0.3) is 0 Å². The molecule has 2 aliphatic rings. The summed E-state index contributed by atoms with van der Waals surface area (Å²) in [5.74, 6) is -1.02. The van der Waals surface area contributed by atoms with Crippen LogP contribution >= 0.6 is 11.8 Å². The molecule has 4 amide bonds. The first-order chi connectivity index (χ1) is 14.8. The van der Waals surface area contributed by atoms with Crippen LogP contribution in [0.3, 0.4) is 0 Å². The highest BCUT2D eigenvalue weighted by molar-refractivity contribution is 8.03. The first-order valence-electron chi connectivity index (χ1n) is 9.90. The van der Waals surface area contributed by atoms with Gasteiger partial charge in [0.05, 0.1) is 12.6 Å². The lowest BCUT2D eigenvalue weighted by Crippen LogP contribution is -2.62. The second-order valence-corrected chi connectivity index (χ2v) is 8.70. The minimum Gasteiger partial charge on any atom is -0.324 e. The SMILES string of the molecule is Cc1cccc(C)c1NC(=O)CN1C(=O)N(Cc2ccc(F)cc2)C(=O)C2SC=CC21. The number of carbonyl (C=O) groups excluding carboxylic acids is 3. The molecule has 0 saturated carbocycles. The Labute approximate surface area is 184 Å². The predicted octanol–water partition coefficient (Wildman–Crippen LogP) is 3.84. The fourth-order valence-corrected chi connectivity index (χ4v) is 4.89. The van der Waals surface area contributed by atoms with Gasteiger partial charge in [0, 0.05) is 5.69 Å². The highest BCUT2D eigenvalue weighted by Gasteiger charge is 2.47. The molecule has 4 rings (SSSR count). The molecule has 2 aromatic carbocycles. The van der Waals surface area contributed by atoms with Gasteiger partial charge in [-0.2, -0.15) is 0 Å². The maximum Gasteiger partial charge on any atom is 0.328 e. The number of nitrogens with one attached hydrogen (secondary N) is 1. The summed E-state index contributed by atoms with van der Waals surface area (Å²) in [5, 5.41) is 4.20. The van der Waals surface area contributed by atoms with E-state index in [1.807, 2.05) is 32.0 Å². The number of thioether (sulfide) groups is 1. The van der Waals surface area contributed by atoms with E-state index in [0.29, 0.717) is 5.56 Å². The van der Waals surface area contributed by atoms with Crippen molar-refractivity contribution < 1.29 is 18.8 Å². The Morgan fingerprint density at radius 2 is 1.77 bits per heavy atom. The quantitative estimate of drug-likeness (QED) is 0.769. The van der Waals surface area contributed by atoms with Crippen LogP contribution in [0, 0.1) is 19.7 Å². The number of benzene rings is 2. The molecule has 160 valence electrons. The van der Waals surface area contributed by atoms with Crippen molar-refractivity contribution in [2.24, 2.45) is 0 Å². The zero-order chi connectivity index (χ0) is 22.1. The van der Waals surface area contributed by atoms with Crippen LogP contribution in [0.5, 0.6) is 0 Å². The number of hydrogen-bond acceptors (Lipinski definition) is 4. The number of halogens is 1. The molecule has 2 aliphatic heterocycles. The summed E-state index contributed by atoms with van der Waals surface area (Å²) < 4.78 is 13.2. The van der Waals surface area contributed by atoms with Crippen molar-refractivity contribution >= 4 is 35.3 Å². The summed E-state index contributed by atoms with van der Waals surface area (Å²) in [6, 6.07) is 10.4. The number of nitrogens with zero attached hydrogens (tertiary/aromatic N) is 2.